The second kappa shape index (κ2) is 3.34. The summed E-state index contributed by atoms with van der Waals surface area (Å²) < 4.78 is 0. The number of oxime groups is 1. The van der Waals surface area contributed by atoms with Crippen LogP contribution in [0.15, 0.2) is 23.5 Å². The molecule has 3 nitrogen and oxygen atoms in total. The van der Waals surface area contributed by atoms with E-state index >= 15 is 0 Å². The van der Waals surface area contributed by atoms with Crippen molar-refractivity contribution in [3.8, 4) is 0 Å². The number of halogens is 1. The largest absolute Gasteiger partial charge is 0.411 e. The maximum absolute atomic E-state index is 8.38. The summed E-state index contributed by atoms with van der Waals surface area (Å²) in [6.45, 7) is 1.69. The Morgan fingerprint density at radius 2 is 2.36 bits per heavy atom. The van der Waals surface area contributed by atoms with Crippen LogP contribution in [0.25, 0.3) is 0 Å². The third-order valence-corrected chi connectivity index (χ3v) is 1.52. The fourth-order valence-corrected chi connectivity index (χ4v) is 0.759. The predicted molar refractivity (Wildman–Crippen MR) is 43.2 cm³/mol. The Kier molecular flexibility index (Phi) is 2.44. The Bertz CT molecular complexity index is 268. The number of rotatable bonds is 1. The van der Waals surface area contributed by atoms with Gasteiger partial charge in [0, 0.05) is 11.8 Å². The maximum Gasteiger partial charge on any atom is 0.129 e. The highest BCUT2D eigenvalue weighted by atomic mass is 35.5. The maximum atomic E-state index is 8.38. The molecule has 0 atom stereocenters. The van der Waals surface area contributed by atoms with Crippen molar-refractivity contribution in [1.29, 1.82) is 0 Å². The van der Waals surface area contributed by atoms with Gasteiger partial charge in [-0.05, 0) is 19.1 Å². The van der Waals surface area contributed by atoms with Crippen molar-refractivity contribution in [3.63, 3.8) is 0 Å². The Balaban J connectivity index is 2.99. The zero-order valence-electron chi connectivity index (χ0n) is 5.95. The van der Waals surface area contributed by atoms with Gasteiger partial charge in [0.25, 0.3) is 0 Å². The Labute approximate surface area is 69.3 Å². The molecular formula is C7H7ClN2O. The summed E-state index contributed by atoms with van der Waals surface area (Å²) in [4.78, 5) is 3.82. The number of nitrogens with zero attached hydrogens (tertiary/aromatic N) is 2. The molecule has 0 saturated heterocycles. The van der Waals surface area contributed by atoms with Crippen LogP contribution < -0.4 is 0 Å². The first-order valence-corrected chi connectivity index (χ1v) is 3.42. The van der Waals surface area contributed by atoms with E-state index in [2.05, 4.69) is 10.1 Å². The molecule has 1 heterocycles. The van der Waals surface area contributed by atoms with E-state index in [0.717, 1.165) is 5.56 Å². The first kappa shape index (κ1) is 8.01. The van der Waals surface area contributed by atoms with Crippen LogP contribution in [0, 0.1) is 0 Å². The summed E-state index contributed by atoms with van der Waals surface area (Å²) in [5, 5.41) is 11.8. The molecule has 0 saturated carbocycles. The van der Waals surface area contributed by atoms with E-state index in [1.807, 2.05) is 0 Å². The molecule has 0 aliphatic rings. The van der Waals surface area contributed by atoms with Gasteiger partial charge in [0.1, 0.15) is 5.15 Å². The minimum atomic E-state index is 0.430. The van der Waals surface area contributed by atoms with Gasteiger partial charge in [-0.1, -0.05) is 16.8 Å². The van der Waals surface area contributed by atoms with Crippen LogP contribution in [0.1, 0.15) is 12.5 Å². The molecule has 0 spiro atoms. The SMILES string of the molecule is C/C(=N\O)c1ccc(Cl)nc1. The molecule has 0 amide bonds. The number of hydrogen-bond acceptors (Lipinski definition) is 3. The lowest BCUT2D eigenvalue weighted by atomic mass is 10.2. The highest BCUT2D eigenvalue weighted by molar-refractivity contribution is 6.29. The molecule has 0 fully saturated rings. The molecule has 4 heteroatoms. The predicted octanol–water partition coefficient (Wildman–Crippen LogP) is 1.93. The molecule has 0 radical (unpaired) electrons. The minimum Gasteiger partial charge on any atom is -0.411 e. The van der Waals surface area contributed by atoms with Gasteiger partial charge >= 0.3 is 0 Å². The summed E-state index contributed by atoms with van der Waals surface area (Å²) >= 11 is 5.55. The van der Waals surface area contributed by atoms with Gasteiger partial charge in [0.05, 0.1) is 5.71 Å². The van der Waals surface area contributed by atoms with Crippen LogP contribution in [0.5, 0.6) is 0 Å². The second-order valence-corrected chi connectivity index (χ2v) is 2.44. The molecule has 1 aromatic heterocycles. The van der Waals surface area contributed by atoms with Crippen molar-refractivity contribution in [2.45, 2.75) is 6.92 Å². The molecule has 0 aromatic carbocycles. The smallest absolute Gasteiger partial charge is 0.129 e. The number of pyridine rings is 1. The van der Waals surface area contributed by atoms with Gasteiger partial charge in [-0.3, -0.25) is 0 Å². The lowest BCUT2D eigenvalue weighted by Crippen LogP contribution is -1.94. The molecular weight excluding hydrogens is 164 g/mol. The van der Waals surface area contributed by atoms with Gasteiger partial charge < -0.3 is 5.21 Å². The monoisotopic (exact) mass is 170 g/mol. The van der Waals surface area contributed by atoms with E-state index < -0.39 is 0 Å². The normalized spacial score (nSPS) is 11.6. The van der Waals surface area contributed by atoms with Crippen LogP contribution in [0.4, 0.5) is 0 Å². The molecule has 58 valence electrons. The summed E-state index contributed by atoms with van der Waals surface area (Å²) in [6.07, 6.45) is 1.55. The van der Waals surface area contributed by atoms with Crippen molar-refractivity contribution in [3.05, 3.63) is 29.0 Å². The minimum absolute atomic E-state index is 0.430. The first-order chi connectivity index (χ1) is 5.24. The average molecular weight is 171 g/mol. The van der Waals surface area contributed by atoms with E-state index in [9.17, 15) is 0 Å². The molecule has 1 rings (SSSR count). The fourth-order valence-electron chi connectivity index (χ4n) is 0.648. The zero-order chi connectivity index (χ0) is 8.27. The van der Waals surface area contributed by atoms with Gasteiger partial charge in [-0.25, -0.2) is 4.98 Å². The van der Waals surface area contributed by atoms with Gasteiger partial charge in [0.15, 0.2) is 0 Å². The third-order valence-electron chi connectivity index (χ3n) is 1.30. The lowest BCUT2D eigenvalue weighted by molar-refractivity contribution is 0.319. The van der Waals surface area contributed by atoms with E-state index in [0.29, 0.717) is 10.9 Å². The van der Waals surface area contributed by atoms with Crippen LogP contribution in [-0.2, 0) is 0 Å². The number of aromatic nitrogens is 1. The van der Waals surface area contributed by atoms with Crippen LogP contribution >= 0.6 is 11.6 Å². The third kappa shape index (κ3) is 1.91. The van der Waals surface area contributed by atoms with Crippen LogP contribution in [0.3, 0.4) is 0 Å². The number of hydrogen-bond donors (Lipinski definition) is 1. The summed E-state index contributed by atoms with van der Waals surface area (Å²) in [6, 6.07) is 3.38. The highest BCUT2D eigenvalue weighted by Gasteiger charge is 1.96. The van der Waals surface area contributed by atoms with Crippen molar-refractivity contribution in [2.24, 2.45) is 5.16 Å². The lowest BCUT2D eigenvalue weighted by Gasteiger charge is -1.95. The van der Waals surface area contributed by atoms with E-state index in [-0.39, 0.29) is 0 Å². The Hall–Kier alpha value is -1.09. The van der Waals surface area contributed by atoms with Gasteiger partial charge in [0.2, 0.25) is 0 Å². The zero-order valence-corrected chi connectivity index (χ0v) is 6.71. The molecule has 1 aromatic rings. The summed E-state index contributed by atoms with van der Waals surface area (Å²) in [5.74, 6) is 0. The Morgan fingerprint density at radius 1 is 1.64 bits per heavy atom. The van der Waals surface area contributed by atoms with Gasteiger partial charge in [-0.2, -0.15) is 0 Å². The standard InChI is InChI=1S/C7H7ClN2O/c1-5(10-11)6-2-3-7(8)9-4-6/h2-4,11H,1H3/b10-5+. The quantitative estimate of drug-likeness (QED) is 0.303. The summed E-state index contributed by atoms with van der Waals surface area (Å²) in [5.41, 5.74) is 1.28. The average Bonchev–Trinajstić information content (AvgIpc) is 2.05. The highest BCUT2D eigenvalue weighted by Crippen LogP contribution is 2.05. The second-order valence-electron chi connectivity index (χ2n) is 2.06. The molecule has 1 N–H and O–H groups in total. The topological polar surface area (TPSA) is 45.5 Å². The van der Waals surface area contributed by atoms with Crippen molar-refractivity contribution < 1.29 is 5.21 Å². The summed E-state index contributed by atoms with van der Waals surface area (Å²) in [7, 11) is 0. The van der Waals surface area contributed by atoms with E-state index in [1.165, 1.54) is 0 Å². The van der Waals surface area contributed by atoms with Crippen molar-refractivity contribution in [2.75, 3.05) is 0 Å². The van der Waals surface area contributed by atoms with E-state index in [1.54, 1.807) is 25.3 Å². The molecule has 0 aliphatic heterocycles. The Morgan fingerprint density at radius 3 is 2.82 bits per heavy atom. The van der Waals surface area contributed by atoms with E-state index in [4.69, 9.17) is 16.8 Å². The van der Waals surface area contributed by atoms with Crippen LogP contribution in [-0.4, -0.2) is 15.9 Å². The van der Waals surface area contributed by atoms with Gasteiger partial charge in [-0.15, -0.1) is 0 Å². The molecule has 11 heavy (non-hydrogen) atoms. The van der Waals surface area contributed by atoms with Crippen LogP contribution in [0.2, 0.25) is 5.15 Å². The molecule has 0 bridgehead atoms. The first-order valence-electron chi connectivity index (χ1n) is 3.04. The molecule has 0 aliphatic carbocycles. The fraction of sp³-hybridized carbons (Fsp3) is 0.143. The van der Waals surface area contributed by atoms with Crippen molar-refractivity contribution in [1.82, 2.24) is 4.98 Å². The molecule has 0 unspecified atom stereocenters. The van der Waals surface area contributed by atoms with Crippen molar-refractivity contribution >= 4 is 17.3 Å².